The van der Waals surface area contributed by atoms with Crippen LogP contribution in [0.2, 0.25) is 0 Å². The zero-order chi connectivity index (χ0) is 14.4. The van der Waals surface area contributed by atoms with Crippen molar-refractivity contribution in [2.24, 2.45) is 5.92 Å². The monoisotopic (exact) mass is 279 g/mol. The minimum atomic E-state index is 0.562. The Morgan fingerprint density at radius 2 is 2.05 bits per heavy atom. The second kappa shape index (κ2) is 4.52. The molecule has 0 spiro atoms. The van der Waals surface area contributed by atoms with Crippen LogP contribution in [0.15, 0.2) is 46.9 Å². The molecule has 2 heterocycles. The van der Waals surface area contributed by atoms with E-state index in [0.717, 1.165) is 24.1 Å². The first kappa shape index (κ1) is 12.3. The van der Waals surface area contributed by atoms with E-state index in [1.807, 2.05) is 18.2 Å². The van der Waals surface area contributed by atoms with Gasteiger partial charge in [-0.15, -0.1) is 0 Å². The van der Waals surface area contributed by atoms with Crippen molar-refractivity contribution in [3.63, 3.8) is 0 Å². The van der Waals surface area contributed by atoms with Crippen molar-refractivity contribution in [3.8, 4) is 0 Å². The maximum absolute atomic E-state index is 5.98. The molecule has 106 valence electrons. The predicted molar refractivity (Wildman–Crippen MR) is 84.7 cm³/mol. The van der Waals surface area contributed by atoms with Crippen LogP contribution in [-0.4, -0.2) is 11.5 Å². The summed E-state index contributed by atoms with van der Waals surface area (Å²) in [5.74, 6) is 0.562. The minimum Gasteiger partial charge on any atom is -0.423 e. The summed E-state index contributed by atoms with van der Waals surface area (Å²) >= 11 is 0. The molecule has 0 aliphatic carbocycles. The average Bonchev–Trinajstić information content (AvgIpc) is 2.92. The van der Waals surface area contributed by atoms with E-state index in [0.29, 0.717) is 17.6 Å². The SMILES string of the molecule is CC1Cc2ccccc2N(c2nc3c(N)cccc3o2)C1. The van der Waals surface area contributed by atoms with Gasteiger partial charge in [0.25, 0.3) is 0 Å². The Morgan fingerprint density at radius 1 is 1.19 bits per heavy atom. The first-order valence-corrected chi connectivity index (χ1v) is 7.23. The Morgan fingerprint density at radius 3 is 2.90 bits per heavy atom. The Labute approximate surface area is 123 Å². The Bertz CT molecular complexity index is 809. The van der Waals surface area contributed by atoms with Crippen molar-refractivity contribution in [1.29, 1.82) is 0 Å². The Hall–Kier alpha value is -2.49. The van der Waals surface area contributed by atoms with Crippen molar-refractivity contribution in [2.45, 2.75) is 13.3 Å². The molecule has 21 heavy (non-hydrogen) atoms. The predicted octanol–water partition coefficient (Wildman–Crippen LogP) is 3.74. The van der Waals surface area contributed by atoms with Gasteiger partial charge in [0, 0.05) is 12.2 Å². The fourth-order valence-electron chi connectivity index (χ4n) is 3.05. The van der Waals surface area contributed by atoms with Crippen LogP contribution in [0, 0.1) is 5.92 Å². The van der Waals surface area contributed by atoms with Gasteiger partial charge < -0.3 is 10.2 Å². The van der Waals surface area contributed by atoms with E-state index in [9.17, 15) is 0 Å². The summed E-state index contributed by atoms with van der Waals surface area (Å²) < 4.78 is 5.93. The van der Waals surface area contributed by atoms with E-state index in [1.54, 1.807) is 0 Å². The zero-order valence-electron chi connectivity index (χ0n) is 11.9. The lowest BCUT2D eigenvalue weighted by Crippen LogP contribution is -2.30. The quantitative estimate of drug-likeness (QED) is 0.689. The third-order valence-electron chi connectivity index (χ3n) is 4.01. The minimum absolute atomic E-state index is 0.562. The number of hydrogen-bond acceptors (Lipinski definition) is 4. The maximum Gasteiger partial charge on any atom is 0.303 e. The first-order valence-electron chi connectivity index (χ1n) is 7.23. The van der Waals surface area contributed by atoms with Crippen molar-refractivity contribution in [3.05, 3.63) is 48.0 Å². The molecule has 3 aromatic rings. The smallest absolute Gasteiger partial charge is 0.303 e. The number of nitrogens with zero attached hydrogens (tertiary/aromatic N) is 2. The van der Waals surface area contributed by atoms with Crippen molar-refractivity contribution in [2.75, 3.05) is 17.2 Å². The van der Waals surface area contributed by atoms with E-state index < -0.39 is 0 Å². The molecular weight excluding hydrogens is 262 g/mol. The van der Waals surface area contributed by atoms with Crippen LogP contribution < -0.4 is 10.6 Å². The molecule has 1 atom stereocenters. The van der Waals surface area contributed by atoms with Gasteiger partial charge in [0.15, 0.2) is 5.58 Å². The second-order valence-corrected chi connectivity index (χ2v) is 5.74. The number of nitrogen functional groups attached to an aromatic ring is 1. The van der Waals surface area contributed by atoms with E-state index in [1.165, 1.54) is 11.3 Å². The van der Waals surface area contributed by atoms with Crippen LogP contribution in [0.25, 0.3) is 11.1 Å². The van der Waals surface area contributed by atoms with Crippen molar-refractivity contribution >= 4 is 28.5 Å². The molecule has 4 nitrogen and oxygen atoms in total. The summed E-state index contributed by atoms with van der Waals surface area (Å²) in [5.41, 5.74) is 10.6. The number of aromatic nitrogens is 1. The van der Waals surface area contributed by atoms with Gasteiger partial charge in [-0.2, -0.15) is 4.98 Å². The molecule has 4 heteroatoms. The third kappa shape index (κ3) is 1.95. The molecule has 2 N–H and O–H groups in total. The summed E-state index contributed by atoms with van der Waals surface area (Å²) in [4.78, 5) is 6.76. The number of hydrogen-bond donors (Lipinski definition) is 1. The lowest BCUT2D eigenvalue weighted by atomic mass is 9.94. The normalized spacial score (nSPS) is 18.0. The van der Waals surface area contributed by atoms with Gasteiger partial charge in [0.1, 0.15) is 5.52 Å². The number of fused-ring (bicyclic) bond motifs is 2. The molecule has 2 aromatic carbocycles. The summed E-state index contributed by atoms with van der Waals surface area (Å²) in [6.45, 7) is 3.16. The van der Waals surface area contributed by atoms with Crippen molar-refractivity contribution in [1.82, 2.24) is 4.98 Å². The summed E-state index contributed by atoms with van der Waals surface area (Å²) in [7, 11) is 0. The third-order valence-corrected chi connectivity index (χ3v) is 4.01. The van der Waals surface area contributed by atoms with Gasteiger partial charge in [-0.1, -0.05) is 31.2 Å². The van der Waals surface area contributed by atoms with Crippen LogP contribution >= 0.6 is 0 Å². The van der Waals surface area contributed by atoms with E-state index in [-0.39, 0.29) is 0 Å². The molecule has 1 aromatic heterocycles. The standard InChI is InChI=1S/C17H17N3O/c1-11-9-12-5-2-3-7-14(12)20(10-11)17-19-16-13(18)6-4-8-15(16)21-17/h2-8,11H,9-10,18H2,1H3. The van der Waals surface area contributed by atoms with Gasteiger partial charge in [0.05, 0.1) is 5.69 Å². The van der Waals surface area contributed by atoms with E-state index in [4.69, 9.17) is 10.2 Å². The van der Waals surface area contributed by atoms with E-state index in [2.05, 4.69) is 41.1 Å². The number of anilines is 3. The molecule has 4 rings (SSSR count). The molecule has 0 fully saturated rings. The van der Waals surface area contributed by atoms with Crippen LogP contribution in [0.1, 0.15) is 12.5 Å². The number of rotatable bonds is 1. The van der Waals surface area contributed by atoms with Crippen LogP contribution in [-0.2, 0) is 6.42 Å². The molecule has 0 radical (unpaired) electrons. The number of oxazole rings is 1. The Kier molecular flexibility index (Phi) is 2.64. The topological polar surface area (TPSA) is 55.3 Å². The zero-order valence-corrected chi connectivity index (χ0v) is 11.9. The molecule has 1 aliphatic heterocycles. The molecule has 0 amide bonds. The van der Waals surface area contributed by atoms with Gasteiger partial charge in [-0.25, -0.2) is 0 Å². The Balaban J connectivity index is 1.86. The molecule has 0 bridgehead atoms. The molecular formula is C17H17N3O. The first-order chi connectivity index (χ1) is 10.2. The van der Waals surface area contributed by atoms with Gasteiger partial charge in [0.2, 0.25) is 0 Å². The highest BCUT2D eigenvalue weighted by atomic mass is 16.4. The highest BCUT2D eigenvalue weighted by molar-refractivity contribution is 5.87. The van der Waals surface area contributed by atoms with E-state index >= 15 is 0 Å². The molecule has 1 unspecified atom stereocenters. The summed E-state index contributed by atoms with van der Waals surface area (Å²) in [5, 5.41) is 0. The second-order valence-electron chi connectivity index (χ2n) is 5.74. The highest BCUT2D eigenvalue weighted by Gasteiger charge is 2.26. The largest absolute Gasteiger partial charge is 0.423 e. The maximum atomic E-state index is 5.98. The van der Waals surface area contributed by atoms with Crippen molar-refractivity contribution < 1.29 is 4.42 Å². The van der Waals surface area contributed by atoms with Crippen LogP contribution in [0.3, 0.4) is 0 Å². The lowest BCUT2D eigenvalue weighted by molar-refractivity contribution is 0.519. The van der Waals surface area contributed by atoms with Gasteiger partial charge in [-0.05, 0) is 36.1 Å². The molecule has 0 saturated carbocycles. The van der Waals surface area contributed by atoms with Gasteiger partial charge >= 0.3 is 6.01 Å². The summed E-state index contributed by atoms with van der Waals surface area (Å²) in [6.07, 6.45) is 1.09. The fourth-order valence-corrected chi connectivity index (χ4v) is 3.05. The van der Waals surface area contributed by atoms with Gasteiger partial charge in [-0.3, -0.25) is 4.90 Å². The molecule has 0 saturated heterocycles. The highest BCUT2D eigenvalue weighted by Crippen LogP contribution is 2.36. The fraction of sp³-hybridized carbons (Fsp3) is 0.235. The number of benzene rings is 2. The molecule has 1 aliphatic rings. The lowest BCUT2D eigenvalue weighted by Gasteiger charge is -2.31. The van der Waals surface area contributed by atoms with Crippen LogP contribution in [0.5, 0.6) is 0 Å². The number of nitrogens with two attached hydrogens (primary N) is 1. The van der Waals surface area contributed by atoms with Crippen LogP contribution in [0.4, 0.5) is 17.4 Å². The summed E-state index contributed by atoms with van der Waals surface area (Å²) in [6, 6.07) is 14.7. The number of para-hydroxylation sites is 2. The average molecular weight is 279 g/mol.